The van der Waals surface area contributed by atoms with E-state index in [0.717, 1.165) is 10.5 Å². The van der Waals surface area contributed by atoms with Crippen LogP contribution in [0.5, 0.6) is 11.5 Å². The number of carbonyl (C=O) groups excluding carboxylic acids is 1. The number of carbonyl (C=O) groups is 1. The third-order valence-corrected chi connectivity index (χ3v) is 6.85. The summed E-state index contributed by atoms with van der Waals surface area (Å²) in [5, 5.41) is 2.81. The van der Waals surface area contributed by atoms with Crippen LogP contribution in [0, 0.1) is 6.92 Å². The van der Waals surface area contributed by atoms with Gasteiger partial charge < -0.3 is 14.8 Å². The summed E-state index contributed by atoms with van der Waals surface area (Å²) in [6.45, 7) is 1.90. The Kier molecular flexibility index (Phi) is 7.66. The summed E-state index contributed by atoms with van der Waals surface area (Å²) in [6, 6.07) is 18.6. The number of anilines is 2. The Morgan fingerprint density at radius 1 is 0.875 bits per heavy atom. The van der Waals surface area contributed by atoms with Gasteiger partial charge in [0.05, 0.1) is 24.9 Å². The number of nitrogens with one attached hydrogen (secondary N) is 2. The minimum Gasteiger partial charge on any atom is -0.497 e. The summed E-state index contributed by atoms with van der Waals surface area (Å²) < 4.78 is 37.9. The van der Waals surface area contributed by atoms with Gasteiger partial charge in [-0.15, -0.1) is 11.8 Å². The van der Waals surface area contributed by atoms with Gasteiger partial charge in [0.2, 0.25) is 5.91 Å². The van der Waals surface area contributed by atoms with Crippen LogP contribution in [-0.2, 0) is 14.8 Å². The Morgan fingerprint density at radius 3 is 2.03 bits per heavy atom. The summed E-state index contributed by atoms with van der Waals surface area (Å²) in [5.74, 6) is 1.16. The number of aryl methyl sites for hydroxylation is 1. The monoisotopic (exact) mass is 472 g/mol. The minimum atomic E-state index is -3.66. The highest BCUT2D eigenvalue weighted by Gasteiger charge is 2.14. The van der Waals surface area contributed by atoms with E-state index in [-0.39, 0.29) is 16.6 Å². The van der Waals surface area contributed by atoms with E-state index in [4.69, 9.17) is 9.47 Å². The smallest absolute Gasteiger partial charge is 0.261 e. The zero-order valence-corrected chi connectivity index (χ0v) is 19.5. The Morgan fingerprint density at radius 2 is 1.47 bits per heavy atom. The van der Waals surface area contributed by atoms with Crippen molar-refractivity contribution in [2.24, 2.45) is 0 Å². The van der Waals surface area contributed by atoms with Gasteiger partial charge in [0, 0.05) is 34.5 Å². The molecule has 0 aromatic heterocycles. The first-order chi connectivity index (χ1) is 15.3. The number of thioether (sulfide) groups is 1. The third-order valence-electron chi connectivity index (χ3n) is 4.44. The number of methoxy groups -OCH3 is 2. The molecule has 168 valence electrons. The van der Waals surface area contributed by atoms with Crippen molar-refractivity contribution in [2.75, 3.05) is 30.0 Å². The van der Waals surface area contributed by atoms with Crippen molar-refractivity contribution < 1.29 is 22.7 Å². The van der Waals surface area contributed by atoms with Crippen molar-refractivity contribution in [3.05, 3.63) is 72.3 Å². The Balaban J connectivity index is 1.57. The highest BCUT2D eigenvalue weighted by molar-refractivity contribution is 8.00. The first-order valence-electron chi connectivity index (χ1n) is 9.64. The van der Waals surface area contributed by atoms with Crippen molar-refractivity contribution in [3.8, 4) is 11.5 Å². The van der Waals surface area contributed by atoms with E-state index in [0.29, 0.717) is 22.9 Å². The number of hydrogen-bond acceptors (Lipinski definition) is 6. The molecule has 9 heteroatoms. The lowest BCUT2D eigenvalue weighted by molar-refractivity contribution is -0.113. The van der Waals surface area contributed by atoms with E-state index < -0.39 is 10.0 Å². The first kappa shape index (κ1) is 23.5. The number of rotatable bonds is 9. The van der Waals surface area contributed by atoms with Gasteiger partial charge in [-0.05, 0) is 43.3 Å². The van der Waals surface area contributed by atoms with Crippen LogP contribution in [0.25, 0.3) is 0 Å². The van der Waals surface area contributed by atoms with Gasteiger partial charge >= 0.3 is 0 Å². The van der Waals surface area contributed by atoms with Crippen molar-refractivity contribution in [3.63, 3.8) is 0 Å². The topological polar surface area (TPSA) is 93.7 Å². The van der Waals surface area contributed by atoms with E-state index in [1.165, 1.54) is 11.8 Å². The molecule has 3 aromatic rings. The molecule has 0 atom stereocenters. The average Bonchev–Trinajstić information content (AvgIpc) is 2.78. The molecule has 0 unspecified atom stereocenters. The molecule has 3 rings (SSSR count). The van der Waals surface area contributed by atoms with Crippen LogP contribution >= 0.6 is 11.8 Å². The first-order valence-corrected chi connectivity index (χ1v) is 12.1. The van der Waals surface area contributed by atoms with Crippen LogP contribution < -0.4 is 19.5 Å². The summed E-state index contributed by atoms with van der Waals surface area (Å²) >= 11 is 1.34. The molecule has 0 bridgehead atoms. The lowest BCUT2D eigenvalue weighted by Gasteiger charge is -2.10. The molecular weight excluding hydrogens is 448 g/mol. The molecule has 0 fully saturated rings. The Bertz CT molecular complexity index is 1160. The molecule has 32 heavy (non-hydrogen) atoms. The van der Waals surface area contributed by atoms with Gasteiger partial charge in [-0.3, -0.25) is 9.52 Å². The molecule has 0 saturated carbocycles. The number of hydrogen-bond donors (Lipinski definition) is 2. The molecular formula is C23H24N2O5S2. The fourth-order valence-electron chi connectivity index (χ4n) is 2.78. The second-order valence-electron chi connectivity index (χ2n) is 6.88. The molecule has 0 saturated heterocycles. The predicted molar refractivity (Wildman–Crippen MR) is 127 cm³/mol. The SMILES string of the molecule is COc1cc(NC(=O)CSc2ccc(NS(=O)(=O)c3ccc(C)cc3)cc2)cc(OC)c1. The van der Waals surface area contributed by atoms with Crippen LogP contribution in [0.3, 0.4) is 0 Å². The van der Waals surface area contributed by atoms with Crippen LogP contribution in [-0.4, -0.2) is 34.3 Å². The van der Waals surface area contributed by atoms with E-state index >= 15 is 0 Å². The van der Waals surface area contributed by atoms with Crippen molar-refractivity contribution >= 4 is 39.1 Å². The zero-order valence-electron chi connectivity index (χ0n) is 17.9. The van der Waals surface area contributed by atoms with E-state index in [2.05, 4.69) is 10.0 Å². The number of ether oxygens (including phenoxy) is 2. The minimum absolute atomic E-state index is 0.186. The molecule has 0 radical (unpaired) electrons. The van der Waals surface area contributed by atoms with Crippen LogP contribution in [0.2, 0.25) is 0 Å². The number of sulfonamides is 1. The largest absolute Gasteiger partial charge is 0.497 e. The fourth-order valence-corrected chi connectivity index (χ4v) is 4.53. The standard InChI is InChI=1S/C23H24N2O5S2/c1-16-4-10-22(11-5-16)32(27,28)25-17-6-8-21(9-7-17)31-15-23(26)24-18-12-19(29-2)14-20(13-18)30-3/h4-14,25H,15H2,1-3H3,(H,24,26). The third kappa shape index (κ3) is 6.41. The average molecular weight is 473 g/mol. The molecule has 7 nitrogen and oxygen atoms in total. The molecule has 3 aromatic carbocycles. The van der Waals surface area contributed by atoms with Crippen LogP contribution in [0.4, 0.5) is 11.4 Å². The zero-order chi connectivity index (χ0) is 23.1. The van der Waals surface area contributed by atoms with Gasteiger partial charge in [-0.25, -0.2) is 8.42 Å². The fraction of sp³-hybridized carbons (Fsp3) is 0.174. The van der Waals surface area contributed by atoms with Crippen LogP contribution in [0.15, 0.2) is 76.5 Å². The van der Waals surface area contributed by atoms with Crippen LogP contribution in [0.1, 0.15) is 5.56 Å². The normalized spacial score (nSPS) is 11.0. The molecule has 0 aliphatic rings. The second kappa shape index (κ2) is 10.4. The highest BCUT2D eigenvalue weighted by atomic mass is 32.2. The van der Waals surface area contributed by atoms with E-state index in [9.17, 15) is 13.2 Å². The Labute approximate surface area is 192 Å². The summed E-state index contributed by atoms with van der Waals surface area (Å²) in [7, 11) is -0.571. The van der Waals surface area contributed by atoms with Gasteiger partial charge in [-0.2, -0.15) is 0 Å². The van der Waals surface area contributed by atoms with E-state index in [1.807, 2.05) is 6.92 Å². The van der Waals surface area contributed by atoms with Gasteiger partial charge in [0.15, 0.2) is 0 Å². The number of benzene rings is 3. The molecule has 0 aliphatic carbocycles. The molecule has 0 heterocycles. The van der Waals surface area contributed by atoms with Crippen molar-refractivity contribution in [1.29, 1.82) is 0 Å². The van der Waals surface area contributed by atoms with Crippen molar-refractivity contribution in [2.45, 2.75) is 16.7 Å². The predicted octanol–water partition coefficient (Wildman–Crippen LogP) is 4.54. The molecule has 2 N–H and O–H groups in total. The second-order valence-corrected chi connectivity index (χ2v) is 9.61. The number of amides is 1. The molecule has 0 aliphatic heterocycles. The van der Waals surface area contributed by atoms with Gasteiger partial charge in [-0.1, -0.05) is 17.7 Å². The molecule has 1 amide bonds. The summed E-state index contributed by atoms with van der Waals surface area (Å²) in [5.41, 5.74) is 2.01. The van der Waals surface area contributed by atoms with Gasteiger partial charge in [0.25, 0.3) is 10.0 Å². The molecule has 0 spiro atoms. The maximum absolute atomic E-state index is 12.5. The Hall–Kier alpha value is -3.17. The lowest BCUT2D eigenvalue weighted by Crippen LogP contribution is -2.14. The summed E-state index contributed by atoms with van der Waals surface area (Å²) in [4.78, 5) is 13.4. The van der Waals surface area contributed by atoms with Crippen molar-refractivity contribution in [1.82, 2.24) is 0 Å². The maximum Gasteiger partial charge on any atom is 0.261 e. The summed E-state index contributed by atoms with van der Waals surface area (Å²) in [6.07, 6.45) is 0. The van der Waals surface area contributed by atoms with Gasteiger partial charge in [0.1, 0.15) is 11.5 Å². The lowest BCUT2D eigenvalue weighted by atomic mass is 10.2. The highest BCUT2D eigenvalue weighted by Crippen LogP contribution is 2.27. The maximum atomic E-state index is 12.5. The van der Waals surface area contributed by atoms with E-state index in [1.54, 1.807) is 80.9 Å². The quantitative estimate of drug-likeness (QED) is 0.444.